The molecule has 0 spiro atoms. The minimum absolute atomic E-state index is 0.0101. The van der Waals surface area contributed by atoms with E-state index in [-0.39, 0.29) is 69.3 Å². The molecule has 8 rings (SSSR count). The third kappa shape index (κ3) is 6.41. The minimum atomic E-state index is -0.949. The highest BCUT2D eigenvalue weighted by Gasteiger charge is 2.49. The van der Waals surface area contributed by atoms with Gasteiger partial charge in [0.2, 0.25) is 0 Å². The van der Waals surface area contributed by atoms with Crippen LogP contribution in [-0.2, 0) is 22.7 Å². The van der Waals surface area contributed by atoms with Crippen molar-refractivity contribution < 1.29 is 32.2 Å². The van der Waals surface area contributed by atoms with E-state index in [0.717, 1.165) is 56.3 Å². The molecule has 0 saturated carbocycles. The zero-order chi connectivity index (χ0) is 37.2. The smallest absolute Gasteiger partial charge is 0.412 e. The molecule has 1 amide bonds. The van der Waals surface area contributed by atoms with Crippen molar-refractivity contribution in [2.24, 2.45) is 0 Å². The molecule has 3 saturated heterocycles. The number of carbonyl (C=O) groups is 1. The van der Waals surface area contributed by atoms with Crippen molar-refractivity contribution in [1.82, 2.24) is 24.8 Å². The van der Waals surface area contributed by atoms with Gasteiger partial charge in [-0.05, 0) is 77.7 Å². The maximum Gasteiger partial charge on any atom is 0.412 e. The number of hydrogen-bond acceptors (Lipinski definition) is 12. The number of hydrogen-bond donors (Lipinski definition) is 2. The third-order valence-corrected chi connectivity index (χ3v) is 11.9. The lowest BCUT2D eigenvalue weighted by Crippen LogP contribution is -2.43. The zero-order valence-electron chi connectivity index (χ0n) is 30.1. The number of likely N-dealkylation sites (tertiary alicyclic amines) is 1. The predicted molar refractivity (Wildman–Crippen MR) is 194 cm³/mol. The molecule has 53 heavy (non-hydrogen) atoms. The number of alkyl halides is 1. The van der Waals surface area contributed by atoms with Gasteiger partial charge >= 0.3 is 12.1 Å². The Labute approximate surface area is 308 Å². The Bertz CT molecular complexity index is 2170. The number of aromatic nitrogens is 3. The SMILES string of the molecule is CN1CCC[C@H]1CNc1nc(OC[C@@]23CCCN2C[C@H](F)C3)nc2c(F)c(-c3ncc(F)c4sc(NC(=O)OC(C)(C)C)c(C#N)c34)c3c(c12)COC3. The van der Waals surface area contributed by atoms with Crippen LogP contribution in [0.25, 0.3) is 32.2 Å². The van der Waals surface area contributed by atoms with Crippen LogP contribution in [0.5, 0.6) is 6.01 Å². The van der Waals surface area contributed by atoms with Gasteiger partial charge in [0.05, 0.1) is 46.3 Å². The number of halogens is 3. The van der Waals surface area contributed by atoms with Crippen LogP contribution in [0.3, 0.4) is 0 Å². The van der Waals surface area contributed by atoms with E-state index in [1.807, 2.05) is 0 Å². The van der Waals surface area contributed by atoms with E-state index in [9.17, 15) is 14.4 Å². The van der Waals surface area contributed by atoms with Crippen molar-refractivity contribution in [3.8, 4) is 23.3 Å². The van der Waals surface area contributed by atoms with Gasteiger partial charge in [0.25, 0.3) is 0 Å². The first kappa shape index (κ1) is 35.7. The number of nitriles is 1. The number of ether oxygens (including phenoxy) is 3. The van der Waals surface area contributed by atoms with Crippen LogP contribution in [0.1, 0.15) is 69.6 Å². The topological polar surface area (TPSA) is 138 Å². The summed E-state index contributed by atoms with van der Waals surface area (Å²) in [6.07, 6.45) is 3.33. The zero-order valence-corrected chi connectivity index (χ0v) is 30.9. The van der Waals surface area contributed by atoms with E-state index in [1.54, 1.807) is 20.8 Å². The lowest BCUT2D eigenvalue weighted by atomic mass is 9.93. The number of thiophene rings is 1. The molecule has 3 fully saturated rings. The minimum Gasteiger partial charge on any atom is -0.461 e. The van der Waals surface area contributed by atoms with Gasteiger partial charge in [0, 0.05) is 36.5 Å². The molecule has 280 valence electrons. The first-order chi connectivity index (χ1) is 25.4. The molecular weight excluding hydrogens is 710 g/mol. The number of amides is 1. The Balaban J connectivity index is 1.27. The molecule has 1 aromatic carbocycles. The van der Waals surface area contributed by atoms with E-state index in [1.165, 1.54) is 0 Å². The van der Waals surface area contributed by atoms with E-state index < -0.39 is 35.0 Å². The van der Waals surface area contributed by atoms with Gasteiger partial charge in [0.1, 0.15) is 40.8 Å². The van der Waals surface area contributed by atoms with Gasteiger partial charge in [-0.3, -0.25) is 15.2 Å². The molecule has 2 N–H and O–H groups in total. The molecule has 0 unspecified atom stereocenters. The Morgan fingerprint density at radius 1 is 1.19 bits per heavy atom. The number of fused-ring (bicyclic) bond motifs is 5. The van der Waals surface area contributed by atoms with Gasteiger partial charge in [-0.1, -0.05) is 0 Å². The number of likely N-dealkylation sites (N-methyl/N-ethyl adjacent to an activating group) is 1. The third-order valence-electron chi connectivity index (χ3n) is 10.8. The maximum atomic E-state index is 17.4. The van der Waals surface area contributed by atoms with Crippen molar-refractivity contribution in [2.75, 3.05) is 50.5 Å². The van der Waals surface area contributed by atoms with Crippen LogP contribution >= 0.6 is 11.3 Å². The standard InChI is InChI=1S/C37H41F3N8O4S/c1-36(2,3)52-35(49)46-33-21(12-41)26-29(42-14-24(39)31(26)53-33)25-22-16-50-17-23(22)27-30(28(25)40)44-34(45-32(27)43-13-20-7-5-9-47(20)4)51-18-37-8-6-10-48(37)15-19(38)11-37/h14,19-20H,5-11,13,15-18H2,1-4H3,(H,46,49)(H,43,44,45)/t19-,20+,37+/m1/s1. The Morgan fingerprint density at radius 2 is 2.00 bits per heavy atom. The largest absolute Gasteiger partial charge is 0.461 e. The number of nitrogens with zero attached hydrogens (tertiary/aromatic N) is 6. The molecule has 0 aliphatic carbocycles. The van der Waals surface area contributed by atoms with Crippen LogP contribution in [-0.4, -0.2) is 94.0 Å². The summed E-state index contributed by atoms with van der Waals surface area (Å²) in [4.78, 5) is 30.9. The van der Waals surface area contributed by atoms with E-state index in [4.69, 9.17) is 19.2 Å². The molecule has 12 nitrogen and oxygen atoms in total. The second-order valence-electron chi connectivity index (χ2n) is 15.4. The highest BCUT2D eigenvalue weighted by Crippen LogP contribution is 2.47. The summed E-state index contributed by atoms with van der Waals surface area (Å²) in [5, 5.41) is 16.9. The predicted octanol–water partition coefficient (Wildman–Crippen LogP) is 6.89. The van der Waals surface area contributed by atoms with Crippen molar-refractivity contribution >= 4 is 49.2 Å². The maximum absolute atomic E-state index is 17.4. The number of pyridine rings is 1. The quantitative estimate of drug-likeness (QED) is 0.195. The summed E-state index contributed by atoms with van der Waals surface area (Å²) in [5.74, 6) is -1.11. The monoisotopic (exact) mass is 750 g/mol. The fourth-order valence-corrected chi connectivity index (χ4v) is 9.44. The first-order valence-electron chi connectivity index (χ1n) is 18.0. The molecule has 0 bridgehead atoms. The fourth-order valence-electron chi connectivity index (χ4n) is 8.40. The number of anilines is 2. The Kier molecular flexibility index (Phi) is 9.11. The van der Waals surface area contributed by atoms with Crippen LogP contribution in [0.15, 0.2) is 6.20 Å². The normalized spacial score (nSPS) is 23.1. The van der Waals surface area contributed by atoms with Crippen molar-refractivity contribution in [3.05, 3.63) is 34.5 Å². The summed E-state index contributed by atoms with van der Waals surface area (Å²) >= 11 is 0.837. The summed E-state index contributed by atoms with van der Waals surface area (Å²) in [7, 11) is 2.07. The lowest BCUT2D eigenvalue weighted by Gasteiger charge is -2.31. The van der Waals surface area contributed by atoms with Crippen LogP contribution < -0.4 is 15.4 Å². The summed E-state index contributed by atoms with van der Waals surface area (Å²) in [6.45, 7) is 8.06. The molecule has 4 aliphatic rings. The fraction of sp³-hybridized carbons (Fsp3) is 0.541. The molecule has 3 atom stereocenters. The molecule has 7 heterocycles. The highest BCUT2D eigenvalue weighted by molar-refractivity contribution is 7.23. The number of rotatable bonds is 8. The van der Waals surface area contributed by atoms with Gasteiger partial charge < -0.3 is 24.4 Å². The lowest BCUT2D eigenvalue weighted by molar-refractivity contribution is 0.0636. The van der Waals surface area contributed by atoms with Crippen LogP contribution in [0.4, 0.5) is 28.8 Å². The van der Waals surface area contributed by atoms with Gasteiger partial charge in [0.15, 0.2) is 11.6 Å². The average molecular weight is 751 g/mol. The molecule has 4 aliphatic heterocycles. The second-order valence-corrected chi connectivity index (χ2v) is 16.5. The molecule has 0 radical (unpaired) electrons. The summed E-state index contributed by atoms with van der Waals surface area (Å²) in [6, 6.07) is 2.26. The van der Waals surface area contributed by atoms with Crippen LogP contribution in [0, 0.1) is 23.0 Å². The van der Waals surface area contributed by atoms with E-state index in [2.05, 4.69) is 43.5 Å². The van der Waals surface area contributed by atoms with Crippen molar-refractivity contribution in [2.45, 2.75) is 89.4 Å². The molecular formula is C37H41F3N8O4S. The van der Waals surface area contributed by atoms with Crippen LogP contribution in [0.2, 0.25) is 0 Å². The number of carbonyl (C=O) groups excluding carboxylic acids is 1. The first-order valence-corrected chi connectivity index (χ1v) is 18.8. The van der Waals surface area contributed by atoms with Crippen molar-refractivity contribution in [3.63, 3.8) is 0 Å². The van der Waals surface area contributed by atoms with Gasteiger partial charge in [-0.15, -0.1) is 11.3 Å². The van der Waals surface area contributed by atoms with Gasteiger partial charge in [-0.25, -0.2) is 18.0 Å². The van der Waals surface area contributed by atoms with E-state index >= 15 is 8.78 Å². The van der Waals surface area contributed by atoms with E-state index in [0.29, 0.717) is 41.8 Å². The summed E-state index contributed by atoms with van der Waals surface area (Å²) in [5.41, 5.74) is -0.293. The Hall–Kier alpha value is -4.30. The number of nitrogens with one attached hydrogen (secondary N) is 2. The van der Waals surface area contributed by atoms with Gasteiger partial charge in [-0.2, -0.15) is 15.2 Å². The molecule has 3 aromatic heterocycles. The second kappa shape index (κ2) is 13.5. The average Bonchev–Trinajstić information content (AvgIpc) is 3.92. The summed E-state index contributed by atoms with van der Waals surface area (Å²) < 4.78 is 65.0. The molecule has 4 aromatic rings. The highest BCUT2D eigenvalue weighted by atomic mass is 32.1. The number of benzene rings is 1. The van der Waals surface area contributed by atoms with Crippen molar-refractivity contribution in [1.29, 1.82) is 5.26 Å². The molecule has 16 heteroatoms. The Morgan fingerprint density at radius 3 is 2.75 bits per heavy atom.